The Hall–Kier alpha value is -1.53. The fourth-order valence-corrected chi connectivity index (χ4v) is 2.12. The van der Waals surface area contributed by atoms with Crippen LogP contribution in [0, 0.1) is 0 Å². The van der Waals surface area contributed by atoms with Crippen LogP contribution in [0.1, 0.15) is 0 Å². The van der Waals surface area contributed by atoms with Crippen LogP contribution < -0.4 is 15.4 Å². The summed E-state index contributed by atoms with van der Waals surface area (Å²) in [5.41, 5.74) is 6.30. The van der Waals surface area contributed by atoms with Crippen molar-refractivity contribution in [3.63, 3.8) is 0 Å². The molecule has 6 heteroatoms. The van der Waals surface area contributed by atoms with E-state index in [1.165, 1.54) is 0 Å². The van der Waals surface area contributed by atoms with Gasteiger partial charge in [-0.15, -0.1) is 0 Å². The Morgan fingerprint density at radius 2 is 2.06 bits per heavy atom. The van der Waals surface area contributed by atoms with Gasteiger partial charge in [-0.1, -0.05) is 0 Å². The number of methoxy groups -OCH3 is 1. The molecule has 1 aromatic rings. The van der Waals surface area contributed by atoms with Gasteiger partial charge in [-0.2, -0.15) is 4.98 Å². The number of rotatable bonds is 4. The fourth-order valence-electron chi connectivity index (χ4n) is 2.12. The van der Waals surface area contributed by atoms with Gasteiger partial charge in [0.1, 0.15) is 5.82 Å². The van der Waals surface area contributed by atoms with Gasteiger partial charge in [0.2, 0.25) is 5.88 Å². The fraction of sp³-hybridized carbons (Fsp3) is 0.583. The van der Waals surface area contributed by atoms with E-state index in [4.69, 9.17) is 15.6 Å². The number of aliphatic hydroxyl groups is 1. The van der Waals surface area contributed by atoms with Crippen molar-refractivity contribution in [3.8, 4) is 5.88 Å². The van der Waals surface area contributed by atoms with Crippen LogP contribution >= 0.6 is 0 Å². The van der Waals surface area contributed by atoms with Crippen LogP contribution in [0.3, 0.4) is 0 Å². The summed E-state index contributed by atoms with van der Waals surface area (Å²) in [6.45, 7) is 4.64. The van der Waals surface area contributed by atoms with Gasteiger partial charge < -0.3 is 20.5 Å². The molecule has 1 aliphatic heterocycles. The number of aromatic nitrogens is 1. The number of piperazine rings is 1. The minimum atomic E-state index is 0.216. The Labute approximate surface area is 107 Å². The summed E-state index contributed by atoms with van der Waals surface area (Å²) in [6, 6.07) is 3.74. The SMILES string of the molecule is COc1nc(N2CCN(CCO)CC2)ccc1N. The van der Waals surface area contributed by atoms with Gasteiger partial charge in [-0.05, 0) is 12.1 Å². The highest BCUT2D eigenvalue weighted by molar-refractivity contribution is 5.54. The minimum Gasteiger partial charge on any atom is -0.479 e. The van der Waals surface area contributed by atoms with E-state index in [2.05, 4.69) is 14.8 Å². The lowest BCUT2D eigenvalue weighted by atomic mass is 10.3. The number of ether oxygens (including phenoxy) is 1. The summed E-state index contributed by atoms with van der Waals surface area (Å²) in [6.07, 6.45) is 0. The Balaban J connectivity index is 2.01. The summed E-state index contributed by atoms with van der Waals surface area (Å²) < 4.78 is 5.13. The zero-order valence-corrected chi connectivity index (χ0v) is 10.7. The second-order valence-electron chi connectivity index (χ2n) is 4.32. The first-order chi connectivity index (χ1) is 8.74. The first-order valence-corrected chi connectivity index (χ1v) is 6.13. The molecule has 0 bridgehead atoms. The lowest BCUT2D eigenvalue weighted by Gasteiger charge is -2.35. The zero-order chi connectivity index (χ0) is 13.0. The molecule has 1 fully saturated rings. The lowest BCUT2D eigenvalue weighted by Crippen LogP contribution is -2.47. The molecule has 0 atom stereocenters. The van der Waals surface area contributed by atoms with E-state index in [0.29, 0.717) is 11.6 Å². The minimum absolute atomic E-state index is 0.216. The average molecular weight is 252 g/mol. The van der Waals surface area contributed by atoms with Crippen LogP contribution in [0.4, 0.5) is 11.5 Å². The smallest absolute Gasteiger partial charge is 0.238 e. The van der Waals surface area contributed by atoms with Crippen molar-refractivity contribution < 1.29 is 9.84 Å². The summed E-state index contributed by atoms with van der Waals surface area (Å²) in [5, 5.41) is 8.90. The van der Waals surface area contributed by atoms with Gasteiger partial charge in [0.15, 0.2) is 0 Å². The molecule has 100 valence electrons. The van der Waals surface area contributed by atoms with Gasteiger partial charge in [0.25, 0.3) is 0 Å². The molecular weight excluding hydrogens is 232 g/mol. The zero-order valence-electron chi connectivity index (χ0n) is 10.7. The van der Waals surface area contributed by atoms with Gasteiger partial charge in [-0.25, -0.2) is 0 Å². The van der Waals surface area contributed by atoms with E-state index in [1.807, 2.05) is 12.1 Å². The average Bonchev–Trinajstić information content (AvgIpc) is 2.41. The van der Waals surface area contributed by atoms with Crippen LogP contribution in [0.5, 0.6) is 5.88 Å². The summed E-state index contributed by atoms with van der Waals surface area (Å²) in [4.78, 5) is 8.84. The van der Waals surface area contributed by atoms with Crippen molar-refractivity contribution >= 4 is 11.5 Å². The summed E-state index contributed by atoms with van der Waals surface area (Å²) in [7, 11) is 1.57. The van der Waals surface area contributed by atoms with Crippen LogP contribution in [0.25, 0.3) is 0 Å². The number of β-amino-alcohol motifs (C(OH)–C–C–N with tert-alkyl or cyclic N) is 1. The standard InChI is InChI=1S/C12H20N4O2/c1-18-12-10(13)2-3-11(14-12)16-6-4-15(5-7-16)8-9-17/h2-3,17H,4-9,13H2,1H3. The molecule has 0 aliphatic carbocycles. The molecule has 2 heterocycles. The Morgan fingerprint density at radius 1 is 1.33 bits per heavy atom. The van der Waals surface area contributed by atoms with Crippen LogP contribution in [-0.2, 0) is 0 Å². The van der Waals surface area contributed by atoms with Gasteiger partial charge in [0.05, 0.1) is 19.4 Å². The Morgan fingerprint density at radius 3 is 2.67 bits per heavy atom. The van der Waals surface area contributed by atoms with Gasteiger partial charge >= 0.3 is 0 Å². The quantitative estimate of drug-likeness (QED) is 0.772. The van der Waals surface area contributed by atoms with Crippen molar-refractivity contribution in [3.05, 3.63) is 12.1 Å². The van der Waals surface area contributed by atoms with Gasteiger partial charge in [0, 0.05) is 32.7 Å². The van der Waals surface area contributed by atoms with E-state index in [0.717, 1.165) is 38.5 Å². The molecule has 0 aromatic carbocycles. The van der Waals surface area contributed by atoms with E-state index in [-0.39, 0.29) is 6.61 Å². The highest BCUT2D eigenvalue weighted by atomic mass is 16.5. The van der Waals surface area contributed by atoms with Crippen molar-refractivity contribution in [1.29, 1.82) is 0 Å². The van der Waals surface area contributed by atoms with Crippen molar-refractivity contribution in [1.82, 2.24) is 9.88 Å². The highest BCUT2D eigenvalue weighted by Crippen LogP contribution is 2.23. The monoisotopic (exact) mass is 252 g/mol. The van der Waals surface area contributed by atoms with Crippen LogP contribution in [0.15, 0.2) is 12.1 Å². The summed E-state index contributed by atoms with van der Waals surface area (Å²) in [5.74, 6) is 1.37. The predicted molar refractivity (Wildman–Crippen MR) is 70.9 cm³/mol. The lowest BCUT2D eigenvalue weighted by molar-refractivity contribution is 0.188. The third kappa shape index (κ3) is 2.83. The second-order valence-corrected chi connectivity index (χ2v) is 4.32. The topological polar surface area (TPSA) is 74.8 Å². The normalized spacial score (nSPS) is 16.9. The molecule has 0 unspecified atom stereocenters. The number of nitrogens with zero attached hydrogens (tertiary/aromatic N) is 3. The van der Waals surface area contributed by atoms with E-state index >= 15 is 0 Å². The maximum Gasteiger partial charge on any atom is 0.238 e. The molecule has 18 heavy (non-hydrogen) atoms. The molecule has 2 rings (SSSR count). The van der Waals surface area contributed by atoms with Crippen molar-refractivity contribution in [2.45, 2.75) is 0 Å². The molecule has 0 saturated carbocycles. The van der Waals surface area contributed by atoms with E-state index < -0.39 is 0 Å². The predicted octanol–water partition coefficient (Wildman–Crippen LogP) is -0.213. The molecular formula is C12H20N4O2. The molecule has 0 spiro atoms. The van der Waals surface area contributed by atoms with Gasteiger partial charge in [-0.3, -0.25) is 4.90 Å². The molecule has 1 saturated heterocycles. The number of nitrogen functional groups attached to an aromatic ring is 1. The van der Waals surface area contributed by atoms with Crippen LogP contribution in [0.2, 0.25) is 0 Å². The van der Waals surface area contributed by atoms with E-state index in [9.17, 15) is 0 Å². The number of hydrogen-bond acceptors (Lipinski definition) is 6. The number of hydrogen-bond donors (Lipinski definition) is 2. The number of aliphatic hydroxyl groups excluding tert-OH is 1. The number of anilines is 2. The maximum atomic E-state index is 8.90. The Bertz CT molecular complexity index is 392. The number of pyridine rings is 1. The van der Waals surface area contributed by atoms with Crippen molar-refractivity contribution in [2.24, 2.45) is 0 Å². The third-order valence-corrected chi connectivity index (χ3v) is 3.18. The van der Waals surface area contributed by atoms with E-state index in [1.54, 1.807) is 7.11 Å². The Kier molecular flexibility index (Phi) is 4.22. The molecule has 1 aliphatic rings. The second kappa shape index (κ2) is 5.88. The molecule has 6 nitrogen and oxygen atoms in total. The van der Waals surface area contributed by atoms with Crippen molar-refractivity contribution in [2.75, 3.05) is 57.1 Å². The third-order valence-electron chi connectivity index (χ3n) is 3.18. The summed E-state index contributed by atoms with van der Waals surface area (Å²) >= 11 is 0. The maximum absolute atomic E-state index is 8.90. The molecule has 0 radical (unpaired) electrons. The molecule has 1 aromatic heterocycles. The first kappa shape index (κ1) is 12.9. The molecule has 3 N–H and O–H groups in total. The molecule has 0 amide bonds. The number of nitrogens with two attached hydrogens (primary N) is 1. The first-order valence-electron chi connectivity index (χ1n) is 6.13. The largest absolute Gasteiger partial charge is 0.479 e. The highest BCUT2D eigenvalue weighted by Gasteiger charge is 2.18. The van der Waals surface area contributed by atoms with Crippen LogP contribution in [-0.4, -0.2) is 61.4 Å².